The van der Waals surface area contributed by atoms with Gasteiger partial charge in [0.2, 0.25) is 5.69 Å². The molecule has 2 aromatic heterocycles. The molecule has 26 heavy (non-hydrogen) atoms. The van der Waals surface area contributed by atoms with E-state index in [1.54, 1.807) is 12.1 Å². The molecule has 1 aliphatic carbocycles. The minimum atomic E-state index is -0.303. The number of fused-ring (bicyclic) bond motifs is 1. The number of nitrogens with one attached hydrogen (secondary N) is 2. The average Bonchev–Trinajstić information content (AvgIpc) is 3.01. The van der Waals surface area contributed by atoms with Crippen molar-refractivity contribution in [1.82, 2.24) is 10.3 Å². The largest absolute Gasteiger partial charge is 0.396 e. The number of benzene rings is 1. The van der Waals surface area contributed by atoms with Crippen LogP contribution in [-0.4, -0.2) is 29.1 Å². The Morgan fingerprint density at radius 3 is 2.65 bits per heavy atom. The van der Waals surface area contributed by atoms with E-state index in [2.05, 4.69) is 10.3 Å². The fourth-order valence-electron chi connectivity index (χ4n) is 3.50. The number of pyridine rings is 1. The molecule has 0 atom stereocenters. The number of H-pyrrole nitrogens is 1. The lowest BCUT2D eigenvalue weighted by Gasteiger charge is -2.40. The molecule has 4 rings (SSSR count). The van der Waals surface area contributed by atoms with Crippen LogP contribution in [0.5, 0.6) is 0 Å². The predicted molar refractivity (Wildman–Crippen MR) is 95.0 cm³/mol. The molecule has 1 aromatic carbocycles. The van der Waals surface area contributed by atoms with Crippen LogP contribution in [0.4, 0.5) is 4.39 Å². The first-order valence-electron chi connectivity index (χ1n) is 8.79. The quantitative estimate of drug-likeness (QED) is 0.616. The summed E-state index contributed by atoms with van der Waals surface area (Å²) in [5.41, 5.74) is 1.82. The first-order chi connectivity index (χ1) is 12.6. The summed E-state index contributed by atoms with van der Waals surface area (Å²) in [5, 5.41) is 12.5. The summed E-state index contributed by atoms with van der Waals surface area (Å²) in [5.74, 6) is 0.204. The molecule has 1 saturated carbocycles. The number of aromatic amines is 1. The second-order valence-corrected chi connectivity index (χ2v) is 7.01. The van der Waals surface area contributed by atoms with Crippen LogP contribution >= 0.6 is 0 Å². The fraction of sp³-hybridized carbons (Fsp3) is 0.300. The third-order valence-corrected chi connectivity index (χ3v) is 5.32. The van der Waals surface area contributed by atoms with Crippen LogP contribution in [0.2, 0.25) is 0 Å². The molecule has 1 amide bonds. The third-order valence-electron chi connectivity index (χ3n) is 5.32. The Hall–Kier alpha value is -2.73. The van der Waals surface area contributed by atoms with Gasteiger partial charge in [0.1, 0.15) is 5.82 Å². The van der Waals surface area contributed by atoms with Crippen LogP contribution in [0.25, 0.3) is 16.9 Å². The number of halogens is 1. The van der Waals surface area contributed by atoms with E-state index in [0.29, 0.717) is 18.1 Å². The minimum Gasteiger partial charge on any atom is -0.396 e. The van der Waals surface area contributed by atoms with Gasteiger partial charge >= 0.3 is 0 Å². The first-order valence-corrected chi connectivity index (χ1v) is 8.79. The van der Waals surface area contributed by atoms with E-state index >= 15 is 0 Å². The highest BCUT2D eigenvalue weighted by atomic mass is 19.1. The number of aromatic nitrogens is 2. The molecule has 5 nitrogen and oxygen atoms in total. The number of imidazole rings is 1. The molecule has 0 saturated heterocycles. The van der Waals surface area contributed by atoms with Crippen LogP contribution in [0.1, 0.15) is 29.8 Å². The molecule has 6 heteroatoms. The van der Waals surface area contributed by atoms with Crippen molar-refractivity contribution in [1.29, 1.82) is 0 Å². The van der Waals surface area contributed by atoms with Gasteiger partial charge in [-0.1, -0.05) is 12.5 Å². The summed E-state index contributed by atoms with van der Waals surface area (Å²) >= 11 is 0. The van der Waals surface area contributed by atoms with Gasteiger partial charge in [-0.3, -0.25) is 4.79 Å². The van der Waals surface area contributed by atoms with Gasteiger partial charge < -0.3 is 10.4 Å². The zero-order valence-electron chi connectivity index (χ0n) is 14.3. The number of nitrogens with zero attached hydrogens (tertiary/aromatic N) is 1. The Bertz CT molecular complexity index is 940. The number of hydrogen-bond donors (Lipinski definition) is 3. The van der Waals surface area contributed by atoms with Crippen LogP contribution in [0.3, 0.4) is 0 Å². The Labute approximate surface area is 150 Å². The molecule has 3 aromatic rings. The molecular weight excluding hydrogens is 333 g/mol. The second-order valence-electron chi connectivity index (χ2n) is 7.01. The smallest absolute Gasteiger partial charge is 0.295 e. The number of carbonyl (C=O) groups is 1. The molecule has 0 unspecified atom stereocenters. The molecule has 0 spiro atoms. The van der Waals surface area contributed by atoms with Crippen molar-refractivity contribution in [3.63, 3.8) is 0 Å². The van der Waals surface area contributed by atoms with Gasteiger partial charge in [0.25, 0.3) is 11.7 Å². The van der Waals surface area contributed by atoms with Gasteiger partial charge in [-0.25, -0.2) is 9.37 Å². The molecule has 0 bridgehead atoms. The standard InChI is InChI=1S/C20H20FN3O2/c21-15-7-5-14(6-8-15)18-23-17(16-4-1-2-11-24(16)18)19(26)22-12-20(13-25)9-3-10-20/h1-2,4-8,11,25H,3,9-10,12-13H2,(H,22,26)/p+1. The molecule has 3 N–H and O–H groups in total. The molecule has 0 aliphatic heterocycles. The summed E-state index contributed by atoms with van der Waals surface area (Å²) in [6, 6.07) is 11.8. The van der Waals surface area contributed by atoms with Gasteiger partial charge in [-0.05, 0) is 49.2 Å². The van der Waals surface area contributed by atoms with Crippen molar-refractivity contribution < 1.29 is 18.7 Å². The first kappa shape index (κ1) is 16.7. The monoisotopic (exact) mass is 354 g/mol. The van der Waals surface area contributed by atoms with Crippen molar-refractivity contribution in [2.45, 2.75) is 19.3 Å². The molecule has 1 aliphatic rings. The van der Waals surface area contributed by atoms with Crippen molar-refractivity contribution in [2.24, 2.45) is 5.41 Å². The number of aliphatic hydroxyl groups excluding tert-OH is 1. The lowest BCUT2D eigenvalue weighted by Crippen LogP contribution is -2.44. The summed E-state index contributed by atoms with van der Waals surface area (Å²) < 4.78 is 15.1. The number of hydrogen-bond acceptors (Lipinski definition) is 2. The number of aliphatic hydroxyl groups is 1. The summed E-state index contributed by atoms with van der Waals surface area (Å²) in [6.45, 7) is 0.556. The van der Waals surface area contributed by atoms with E-state index in [-0.39, 0.29) is 23.7 Å². The van der Waals surface area contributed by atoms with Gasteiger partial charge in [-0.15, -0.1) is 0 Å². The topological polar surface area (TPSA) is 69.2 Å². The van der Waals surface area contributed by atoms with Gasteiger partial charge in [0.15, 0.2) is 5.52 Å². The summed E-state index contributed by atoms with van der Waals surface area (Å²) in [4.78, 5) is 15.9. The SMILES string of the molecule is O=C(NCC1(CO)CCC1)c1[nH]c(-c2ccc(F)cc2)[n+]2ccccc12. The van der Waals surface area contributed by atoms with Crippen LogP contribution in [-0.2, 0) is 0 Å². The maximum atomic E-state index is 13.2. The van der Waals surface area contributed by atoms with Crippen LogP contribution in [0, 0.1) is 11.2 Å². The number of rotatable bonds is 5. The van der Waals surface area contributed by atoms with Gasteiger partial charge in [-0.2, -0.15) is 4.40 Å². The van der Waals surface area contributed by atoms with E-state index in [4.69, 9.17) is 0 Å². The predicted octanol–water partition coefficient (Wildman–Crippen LogP) is 2.45. The normalized spacial score (nSPS) is 15.6. The summed E-state index contributed by atoms with van der Waals surface area (Å²) in [7, 11) is 0. The van der Waals surface area contributed by atoms with E-state index < -0.39 is 0 Å². The highest BCUT2D eigenvalue weighted by molar-refractivity contribution is 5.98. The second kappa shape index (κ2) is 6.53. The molecule has 134 valence electrons. The van der Waals surface area contributed by atoms with Gasteiger partial charge in [0, 0.05) is 12.0 Å². The Kier molecular flexibility index (Phi) is 4.20. The average molecular weight is 354 g/mol. The van der Waals surface area contributed by atoms with E-state index in [9.17, 15) is 14.3 Å². The van der Waals surface area contributed by atoms with Crippen molar-refractivity contribution >= 4 is 11.4 Å². The van der Waals surface area contributed by atoms with Crippen molar-refractivity contribution in [2.75, 3.05) is 13.2 Å². The lowest BCUT2D eigenvalue weighted by molar-refractivity contribution is -0.498. The fourth-order valence-corrected chi connectivity index (χ4v) is 3.50. The highest BCUT2D eigenvalue weighted by Crippen LogP contribution is 2.39. The van der Waals surface area contributed by atoms with E-state index in [1.807, 2.05) is 28.8 Å². The van der Waals surface area contributed by atoms with Crippen LogP contribution in [0.15, 0.2) is 48.7 Å². The van der Waals surface area contributed by atoms with E-state index in [0.717, 1.165) is 30.3 Å². The highest BCUT2D eigenvalue weighted by Gasteiger charge is 2.37. The molecule has 2 heterocycles. The maximum absolute atomic E-state index is 13.2. The minimum absolute atomic E-state index is 0.0916. The zero-order chi connectivity index (χ0) is 18.1. The Balaban J connectivity index is 1.67. The Morgan fingerprint density at radius 1 is 1.23 bits per heavy atom. The van der Waals surface area contributed by atoms with Gasteiger partial charge in [0.05, 0.1) is 18.4 Å². The number of carbonyl (C=O) groups excluding carboxylic acids is 1. The Morgan fingerprint density at radius 2 is 2.00 bits per heavy atom. The lowest BCUT2D eigenvalue weighted by atomic mass is 9.69. The zero-order valence-corrected chi connectivity index (χ0v) is 14.3. The van der Waals surface area contributed by atoms with Crippen molar-refractivity contribution in [3.05, 3.63) is 60.2 Å². The van der Waals surface area contributed by atoms with Crippen molar-refractivity contribution in [3.8, 4) is 11.4 Å². The van der Waals surface area contributed by atoms with E-state index in [1.165, 1.54) is 12.1 Å². The molecular formula is C20H21FN3O2+. The third kappa shape index (κ3) is 2.86. The number of amides is 1. The molecule has 1 fully saturated rings. The summed E-state index contributed by atoms with van der Waals surface area (Å²) in [6.07, 6.45) is 4.82. The maximum Gasteiger partial charge on any atom is 0.295 e. The van der Waals surface area contributed by atoms with Crippen LogP contribution < -0.4 is 9.72 Å². The molecule has 0 radical (unpaired) electrons.